The molecule has 1 aliphatic heterocycles. The van der Waals surface area contributed by atoms with Crippen molar-refractivity contribution in [2.75, 3.05) is 14.2 Å². The van der Waals surface area contributed by atoms with E-state index in [0.717, 1.165) is 17.1 Å². The second-order valence-electron chi connectivity index (χ2n) is 4.81. The number of hydrogen-bond acceptors (Lipinski definition) is 4. The Morgan fingerprint density at radius 3 is 2.79 bits per heavy atom. The van der Waals surface area contributed by atoms with Crippen LogP contribution in [0.25, 0.3) is 0 Å². The van der Waals surface area contributed by atoms with E-state index in [-0.39, 0.29) is 6.10 Å². The Morgan fingerprint density at radius 1 is 1.37 bits per heavy atom. The zero-order valence-corrected chi connectivity index (χ0v) is 11.6. The number of methoxy groups -OCH3 is 2. The molecule has 104 valence electrons. The summed E-state index contributed by atoms with van der Waals surface area (Å²) in [6.45, 7) is 1.87. The van der Waals surface area contributed by atoms with Gasteiger partial charge in [-0.25, -0.2) is 0 Å². The molecule has 4 heteroatoms. The Kier molecular flexibility index (Phi) is 4.00. The van der Waals surface area contributed by atoms with Crippen LogP contribution in [0.15, 0.2) is 30.5 Å². The molecule has 1 N–H and O–H groups in total. The van der Waals surface area contributed by atoms with Gasteiger partial charge in [0.1, 0.15) is 23.2 Å². The molecule has 1 aliphatic rings. The monoisotopic (exact) mass is 264 g/mol. The molecule has 0 unspecified atom stereocenters. The first kappa shape index (κ1) is 13.7. The quantitative estimate of drug-likeness (QED) is 0.906. The number of ether oxygens (including phenoxy) is 3. The van der Waals surface area contributed by atoms with Crippen LogP contribution in [0.5, 0.6) is 11.5 Å². The third-order valence-corrected chi connectivity index (χ3v) is 3.59. The smallest absolute Gasteiger partial charge is 0.124 e. The maximum absolute atomic E-state index is 10.7. The highest BCUT2D eigenvalue weighted by Gasteiger charge is 2.37. The highest BCUT2D eigenvalue weighted by atomic mass is 16.5. The molecule has 0 aliphatic carbocycles. The van der Waals surface area contributed by atoms with Crippen molar-refractivity contribution < 1.29 is 19.3 Å². The van der Waals surface area contributed by atoms with Crippen molar-refractivity contribution in [3.8, 4) is 11.5 Å². The molecule has 0 spiro atoms. The number of aliphatic hydroxyl groups is 1. The van der Waals surface area contributed by atoms with Crippen molar-refractivity contribution in [3.05, 3.63) is 36.1 Å². The van der Waals surface area contributed by atoms with Crippen LogP contribution >= 0.6 is 0 Å². The van der Waals surface area contributed by atoms with Crippen molar-refractivity contribution in [1.29, 1.82) is 0 Å². The zero-order valence-electron chi connectivity index (χ0n) is 11.6. The Morgan fingerprint density at radius 2 is 2.16 bits per heavy atom. The molecule has 0 amide bonds. The van der Waals surface area contributed by atoms with Crippen LogP contribution < -0.4 is 9.47 Å². The lowest BCUT2D eigenvalue weighted by molar-refractivity contribution is -0.0798. The average Bonchev–Trinajstić information content (AvgIpc) is 2.42. The summed E-state index contributed by atoms with van der Waals surface area (Å²) in [5, 5.41) is 10.7. The first-order valence-electron chi connectivity index (χ1n) is 6.33. The van der Waals surface area contributed by atoms with Crippen molar-refractivity contribution in [2.24, 2.45) is 0 Å². The van der Waals surface area contributed by atoms with Crippen LogP contribution in [0, 0.1) is 0 Å². The summed E-state index contributed by atoms with van der Waals surface area (Å²) in [4.78, 5) is 0. The van der Waals surface area contributed by atoms with Gasteiger partial charge in [-0.2, -0.15) is 0 Å². The van der Waals surface area contributed by atoms with Gasteiger partial charge in [-0.15, -0.1) is 0 Å². The lowest BCUT2D eigenvalue weighted by atomic mass is 9.85. The van der Waals surface area contributed by atoms with Crippen molar-refractivity contribution >= 4 is 0 Å². The molecule has 0 fully saturated rings. The maximum atomic E-state index is 10.7. The molecule has 0 aromatic heterocycles. The van der Waals surface area contributed by atoms with Crippen LogP contribution in [0.3, 0.4) is 0 Å². The van der Waals surface area contributed by atoms with E-state index >= 15 is 0 Å². The van der Waals surface area contributed by atoms with Crippen LogP contribution in [-0.2, 0) is 11.2 Å². The van der Waals surface area contributed by atoms with E-state index in [4.69, 9.17) is 14.2 Å². The Labute approximate surface area is 113 Å². The Balaban J connectivity index is 2.28. The summed E-state index contributed by atoms with van der Waals surface area (Å²) in [6.07, 6.45) is 4.25. The molecule has 1 aromatic carbocycles. The summed E-state index contributed by atoms with van der Waals surface area (Å²) < 4.78 is 16.0. The molecule has 1 aromatic rings. The minimum atomic E-state index is -0.922. The Hall–Kier alpha value is -1.68. The van der Waals surface area contributed by atoms with Gasteiger partial charge in [-0.05, 0) is 31.2 Å². The fourth-order valence-corrected chi connectivity index (χ4v) is 2.28. The van der Waals surface area contributed by atoms with E-state index in [1.165, 1.54) is 0 Å². The summed E-state index contributed by atoms with van der Waals surface area (Å²) in [6, 6.07) is 5.58. The number of rotatable bonds is 4. The third-order valence-electron chi connectivity index (χ3n) is 3.59. The SMILES string of the molecule is COc1ccc(OC)c(C[C@]2(O)CC=CO[C@H]2C)c1. The van der Waals surface area contributed by atoms with Gasteiger partial charge in [0.2, 0.25) is 0 Å². The number of hydrogen-bond donors (Lipinski definition) is 1. The minimum absolute atomic E-state index is 0.256. The zero-order chi connectivity index (χ0) is 13.9. The lowest BCUT2D eigenvalue weighted by Crippen LogP contribution is -2.44. The van der Waals surface area contributed by atoms with Gasteiger partial charge in [0.25, 0.3) is 0 Å². The van der Waals surface area contributed by atoms with Gasteiger partial charge in [0.05, 0.1) is 20.5 Å². The van der Waals surface area contributed by atoms with E-state index < -0.39 is 5.60 Å². The van der Waals surface area contributed by atoms with Crippen molar-refractivity contribution in [3.63, 3.8) is 0 Å². The summed E-state index contributed by atoms with van der Waals surface area (Å²) in [5.41, 5.74) is -0.0101. The summed E-state index contributed by atoms with van der Waals surface area (Å²) >= 11 is 0. The van der Waals surface area contributed by atoms with Gasteiger partial charge < -0.3 is 19.3 Å². The van der Waals surface area contributed by atoms with E-state index in [1.54, 1.807) is 20.5 Å². The highest BCUT2D eigenvalue weighted by molar-refractivity contribution is 5.41. The molecule has 2 atom stereocenters. The normalized spacial score (nSPS) is 25.8. The second-order valence-corrected chi connectivity index (χ2v) is 4.81. The van der Waals surface area contributed by atoms with E-state index in [9.17, 15) is 5.11 Å². The van der Waals surface area contributed by atoms with Gasteiger partial charge in [0, 0.05) is 18.4 Å². The van der Waals surface area contributed by atoms with Crippen LogP contribution in [0.4, 0.5) is 0 Å². The minimum Gasteiger partial charge on any atom is -0.497 e. The van der Waals surface area contributed by atoms with Crippen LogP contribution in [-0.4, -0.2) is 31.0 Å². The fraction of sp³-hybridized carbons (Fsp3) is 0.467. The van der Waals surface area contributed by atoms with Gasteiger partial charge in [0.15, 0.2) is 0 Å². The largest absolute Gasteiger partial charge is 0.497 e. The molecule has 2 rings (SSSR count). The maximum Gasteiger partial charge on any atom is 0.124 e. The van der Waals surface area contributed by atoms with Crippen molar-refractivity contribution in [2.45, 2.75) is 31.5 Å². The van der Waals surface area contributed by atoms with E-state index in [1.807, 2.05) is 31.2 Å². The Bertz CT molecular complexity index is 469. The van der Waals surface area contributed by atoms with Gasteiger partial charge in [-0.1, -0.05) is 0 Å². The molecular formula is C15H20O4. The van der Waals surface area contributed by atoms with Crippen LogP contribution in [0.2, 0.25) is 0 Å². The molecule has 0 radical (unpaired) electrons. The molecule has 1 heterocycles. The second kappa shape index (κ2) is 5.53. The predicted molar refractivity (Wildman–Crippen MR) is 72.5 cm³/mol. The summed E-state index contributed by atoms with van der Waals surface area (Å²) in [5.74, 6) is 1.50. The van der Waals surface area contributed by atoms with E-state index in [0.29, 0.717) is 12.8 Å². The highest BCUT2D eigenvalue weighted by Crippen LogP contribution is 2.33. The summed E-state index contributed by atoms with van der Waals surface area (Å²) in [7, 11) is 3.24. The molecular weight excluding hydrogens is 244 g/mol. The molecule has 4 nitrogen and oxygen atoms in total. The predicted octanol–water partition coefficient (Wildman–Crippen LogP) is 2.30. The topological polar surface area (TPSA) is 47.9 Å². The van der Waals surface area contributed by atoms with Gasteiger partial charge in [-0.3, -0.25) is 0 Å². The van der Waals surface area contributed by atoms with Crippen molar-refractivity contribution in [1.82, 2.24) is 0 Å². The standard InChI is InChI=1S/C15H20O4/c1-11-15(16,7-4-8-19-11)10-12-9-13(17-2)5-6-14(12)18-3/h4-6,8-9,11,16H,7,10H2,1-3H3/t11-,15+/m0/s1. The van der Waals surface area contributed by atoms with Crippen LogP contribution in [0.1, 0.15) is 18.9 Å². The number of benzene rings is 1. The lowest BCUT2D eigenvalue weighted by Gasteiger charge is -2.35. The molecule has 0 saturated carbocycles. The molecule has 0 saturated heterocycles. The first-order chi connectivity index (χ1) is 9.09. The third kappa shape index (κ3) is 2.84. The van der Waals surface area contributed by atoms with E-state index in [2.05, 4.69) is 0 Å². The molecule has 0 bridgehead atoms. The first-order valence-corrected chi connectivity index (χ1v) is 6.33. The fourth-order valence-electron chi connectivity index (χ4n) is 2.28. The van der Waals surface area contributed by atoms with Gasteiger partial charge >= 0.3 is 0 Å². The molecule has 19 heavy (non-hydrogen) atoms. The average molecular weight is 264 g/mol.